The highest BCUT2D eigenvalue weighted by atomic mass is 35.5. The molecule has 28 heavy (non-hydrogen) atoms. The molecule has 0 bridgehead atoms. The van der Waals surface area contributed by atoms with Gasteiger partial charge in [0.25, 0.3) is 5.91 Å². The molecule has 0 radical (unpaired) electrons. The molecule has 1 aliphatic rings. The number of quaternary nitrogens is 1. The van der Waals surface area contributed by atoms with Crippen molar-refractivity contribution in [2.45, 2.75) is 0 Å². The highest BCUT2D eigenvalue weighted by Crippen LogP contribution is 2.27. The summed E-state index contributed by atoms with van der Waals surface area (Å²) in [6.07, 6.45) is 1.73. The third-order valence-corrected chi connectivity index (χ3v) is 5.32. The average molecular weight is 397 g/mol. The number of piperazine rings is 1. The molecular weight excluding hydrogens is 376 g/mol. The lowest BCUT2D eigenvalue weighted by Crippen LogP contribution is -2.55. The summed E-state index contributed by atoms with van der Waals surface area (Å²) >= 11 is 6.04. The number of aromatic nitrogens is 1. The van der Waals surface area contributed by atoms with Gasteiger partial charge >= 0.3 is 0 Å². The molecule has 1 aliphatic heterocycles. The number of hydrogen-bond donors (Lipinski definition) is 1. The minimum absolute atomic E-state index is 0.0322. The van der Waals surface area contributed by atoms with Crippen LogP contribution in [0.15, 0.2) is 54.7 Å². The largest absolute Gasteiger partial charge is 0.633 e. The lowest BCUT2D eigenvalue weighted by Gasteiger charge is -2.45. The van der Waals surface area contributed by atoms with Crippen molar-refractivity contribution in [3.8, 4) is 0 Å². The summed E-state index contributed by atoms with van der Waals surface area (Å²) in [4.78, 5) is 18.8. The highest BCUT2D eigenvalue weighted by molar-refractivity contribution is 6.31. The third-order valence-electron chi connectivity index (χ3n) is 5.09. The van der Waals surface area contributed by atoms with Crippen LogP contribution in [0.5, 0.6) is 0 Å². The molecular formula is C21H21ClN4O2. The molecule has 3 aromatic rings. The SMILES string of the molecule is C[N+]1([O-])CCN(C(=O)c2ccc(Nc3ccnc4cc(Cl)ccc34)cc2)CC1. The first-order chi connectivity index (χ1) is 13.4. The lowest BCUT2D eigenvalue weighted by atomic mass is 10.1. The second kappa shape index (κ2) is 7.39. The van der Waals surface area contributed by atoms with E-state index in [1.807, 2.05) is 48.5 Å². The fourth-order valence-electron chi connectivity index (χ4n) is 3.36. The fourth-order valence-corrected chi connectivity index (χ4v) is 3.52. The summed E-state index contributed by atoms with van der Waals surface area (Å²) in [5.74, 6) is -0.0322. The molecule has 1 amide bonds. The Balaban J connectivity index is 1.49. The van der Waals surface area contributed by atoms with Crippen molar-refractivity contribution in [2.24, 2.45) is 0 Å². The van der Waals surface area contributed by atoms with Crippen molar-refractivity contribution in [1.29, 1.82) is 0 Å². The number of hydroxylamine groups is 3. The second-order valence-electron chi connectivity index (χ2n) is 7.26. The fraction of sp³-hybridized carbons (Fsp3) is 0.238. The number of hydrogen-bond acceptors (Lipinski definition) is 4. The van der Waals surface area contributed by atoms with Crippen molar-refractivity contribution in [3.63, 3.8) is 0 Å². The summed E-state index contributed by atoms with van der Waals surface area (Å²) in [5.41, 5.74) is 3.24. The van der Waals surface area contributed by atoms with E-state index in [-0.39, 0.29) is 10.6 Å². The van der Waals surface area contributed by atoms with E-state index in [4.69, 9.17) is 11.6 Å². The van der Waals surface area contributed by atoms with Crippen molar-refractivity contribution < 1.29 is 9.44 Å². The van der Waals surface area contributed by atoms with E-state index in [0.29, 0.717) is 36.8 Å². The van der Waals surface area contributed by atoms with E-state index in [9.17, 15) is 10.0 Å². The number of carbonyl (C=O) groups excluding carboxylic acids is 1. The van der Waals surface area contributed by atoms with Crippen molar-refractivity contribution in [3.05, 3.63) is 70.5 Å². The maximum absolute atomic E-state index is 12.7. The smallest absolute Gasteiger partial charge is 0.254 e. The van der Waals surface area contributed by atoms with Gasteiger partial charge in [0, 0.05) is 33.5 Å². The molecule has 0 atom stereocenters. The molecule has 6 nitrogen and oxygen atoms in total. The Hall–Kier alpha value is -2.67. The zero-order valence-corrected chi connectivity index (χ0v) is 16.3. The molecule has 2 aromatic carbocycles. The Kier molecular flexibility index (Phi) is 4.93. The summed E-state index contributed by atoms with van der Waals surface area (Å²) in [6, 6.07) is 14.9. The van der Waals surface area contributed by atoms with Gasteiger partial charge in [-0.2, -0.15) is 0 Å². The Bertz CT molecular complexity index is 1010. The zero-order chi connectivity index (χ0) is 19.7. The maximum atomic E-state index is 12.7. The number of carbonyl (C=O) groups is 1. The Morgan fingerprint density at radius 3 is 2.57 bits per heavy atom. The van der Waals surface area contributed by atoms with Crippen LogP contribution in [0.4, 0.5) is 11.4 Å². The van der Waals surface area contributed by atoms with Gasteiger partial charge in [-0.05, 0) is 48.5 Å². The predicted molar refractivity (Wildman–Crippen MR) is 112 cm³/mol. The van der Waals surface area contributed by atoms with Crippen molar-refractivity contribution in [1.82, 2.24) is 9.88 Å². The zero-order valence-electron chi connectivity index (χ0n) is 15.6. The quantitative estimate of drug-likeness (QED) is 0.536. The summed E-state index contributed by atoms with van der Waals surface area (Å²) in [7, 11) is 1.65. The van der Waals surface area contributed by atoms with Gasteiger partial charge in [0.15, 0.2) is 0 Å². The van der Waals surface area contributed by atoms with Gasteiger partial charge < -0.3 is 20.1 Å². The number of anilines is 2. The minimum atomic E-state index is -0.280. The highest BCUT2D eigenvalue weighted by Gasteiger charge is 2.25. The van der Waals surface area contributed by atoms with Crippen molar-refractivity contribution in [2.75, 3.05) is 38.5 Å². The van der Waals surface area contributed by atoms with E-state index in [0.717, 1.165) is 22.3 Å². The lowest BCUT2D eigenvalue weighted by molar-refractivity contribution is -0.864. The molecule has 144 valence electrons. The molecule has 1 fully saturated rings. The first-order valence-electron chi connectivity index (χ1n) is 9.17. The maximum Gasteiger partial charge on any atom is 0.254 e. The van der Waals surface area contributed by atoms with E-state index < -0.39 is 0 Å². The number of benzene rings is 2. The second-order valence-corrected chi connectivity index (χ2v) is 7.70. The summed E-state index contributed by atoms with van der Waals surface area (Å²) in [6.45, 7) is 1.85. The van der Waals surface area contributed by atoms with Gasteiger partial charge in [0.1, 0.15) is 0 Å². The predicted octanol–water partition coefficient (Wildman–Crippen LogP) is 4.03. The van der Waals surface area contributed by atoms with Crippen LogP contribution in [0.2, 0.25) is 5.02 Å². The number of amides is 1. The van der Waals surface area contributed by atoms with Gasteiger partial charge in [0.05, 0.1) is 38.7 Å². The summed E-state index contributed by atoms with van der Waals surface area (Å²) < 4.78 is -0.280. The molecule has 7 heteroatoms. The number of rotatable bonds is 3. The Morgan fingerprint density at radius 1 is 1.14 bits per heavy atom. The van der Waals surface area contributed by atoms with Crippen LogP contribution in [0.3, 0.4) is 0 Å². The van der Waals surface area contributed by atoms with Gasteiger partial charge in [-0.1, -0.05) is 11.6 Å². The molecule has 1 saturated heterocycles. The van der Waals surface area contributed by atoms with Gasteiger partial charge in [-0.3, -0.25) is 9.78 Å². The number of nitrogens with zero attached hydrogens (tertiary/aromatic N) is 3. The summed E-state index contributed by atoms with van der Waals surface area (Å²) in [5, 5.41) is 16.9. The number of fused-ring (bicyclic) bond motifs is 1. The van der Waals surface area contributed by atoms with Gasteiger partial charge in [-0.15, -0.1) is 0 Å². The number of pyridine rings is 1. The normalized spacial score (nSPS) is 16.2. The van der Waals surface area contributed by atoms with Crippen LogP contribution in [0, 0.1) is 5.21 Å². The Labute approximate surface area is 168 Å². The van der Waals surface area contributed by atoms with E-state index in [1.54, 1.807) is 18.1 Å². The standard InChI is InChI=1S/C21H21ClN4O2/c1-26(28)12-10-25(11-13-26)21(27)15-2-5-17(6-3-15)24-19-8-9-23-20-14-16(22)4-7-18(19)20/h2-9,14H,10-13H2,1H3,(H,23,24). The minimum Gasteiger partial charge on any atom is -0.633 e. The van der Waals surface area contributed by atoms with Crippen LogP contribution >= 0.6 is 11.6 Å². The van der Waals surface area contributed by atoms with Crippen LogP contribution in [-0.2, 0) is 0 Å². The number of halogens is 1. The van der Waals surface area contributed by atoms with Crippen LogP contribution < -0.4 is 5.32 Å². The first-order valence-corrected chi connectivity index (χ1v) is 9.55. The van der Waals surface area contributed by atoms with E-state index in [1.165, 1.54) is 0 Å². The topological polar surface area (TPSA) is 68.3 Å². The molecule has 0 spiro atoms. The molecule has 2 heterocycles. The van der Waals surface area contributed by atoms with Gasteiger partial charge in [0.2, 0.25) is 0 Å². The number of nitrogens with one attached hydrogen (secondary N) is 1. The number of likely N-dealkylation sites (N-methyl/N-ethyl adjacent to an activating group) is 1. The molecule has 0 aliphatic carbocycles. The van der Waals surface area contributed by atoms with Crippen LogP contribution in [-0.4, -0.2) is 53.7 Å². The van der Waals surface area contributed by atoms with Gasteiger partial charge in [-0.25, -0.2) is 0 Å². The molecule has 1 aromatic heterocycles. The molecule has 4 rings (SSSR count). The van der Waals surface area contributed by atoms with E-state index in [2.05, 4.69) is 10.3 Å². The average Bonchev–Trinajstić information content (AvgIpc) is 2.68. The van der Waals surface area contributed by atoms with E-state index >= 15 is 0 Å². The monoisotopic (exact) mass is 396 g/mol. The van der Waals surface area contributed by atoms with Crippen LogP contribution in [0.1, 0.15) is 10.4 Å². The third kappa shape index (κ3) is 3.94. The Morgan fingerprint density at radius 2 is 1.86 bits per heavy atom. The molecule has 1 N–H and O–H groups in total. The first kappa shape index (κ1) is 18.7. The van der Waals surface area contributed by atoms with Crippen molar-refractivity contribution >= 4 is 39.8 Å². The van der Waals surface area contributed by atoms with Crippen LogP contribution in [0.25, 0.3) is 10.9 Å². The molecule has 0 saturated carbocycles. The molecule has 0 unspecified atom stereocenters.